The molecule has 1 fully saturated rings. The summed E-state index contributed by atoms with van der Waals surface area (Å²) >= 11 is 0. The van der Waals surface area contributed by atoms with Gasteiger partial charge in [0.25, 0.3) is 0 Å². The van der Waals surface area contributed by atoms with Crippen molar-refractivity contribution in [3.05, 3.63) is 71.3 Å². The number of rotatable bonds is 7. The van der Waals surface area contributed by atoms with Gasteiger partial charge in [0.15, 0.2) is 0 Å². The van der Waals surface area contributed by atoms with Gasteiger partial charge in [0, 0.05) is 32.7 Å². The van der Waals surface area contributed by atoms with Crippen LogP contribution in [0.5, 0.6) is 0 Å². The number of nitrogens with zero attached hydrogens (tertiary/aromatic N) is 2. The van der Waals surface area contributed by atoms with Crippen LogP contribution < -0.4 is 0 Å². The van der Waals surface area contributed by atoms with Crippen LogP contribution in [0.1, 0.15) is 23.1 Å². The predicted molar refractivity (Wildman–Crippen MR) is 103 cm³/mol. The normalized spacial score (nSPS) is 16.6. The summed E-state index contributed by atoms with van der Waals surface area (Å²) in [4.78, 5) is 4.74. The Kier molecular flexibility index (Phi) is 6.91. The predicted octanol–water partition coefficient (Wildman–Crippen LogP) is 4.50. The van der Waals surface area contributed by atoms with Gasteiger partial charge in [-0.25, -0.2) is 0 Å². The molecule has 0 aliphatic carbocycles. The first kappa shape index (κ1) is 19.9. The Morgan fingerprint density at radius 2 is 1.30 bits per heavy atom. The molecule has 0 N–H and O–H groups in total. The maximum absolute atomic E-state index is 13.1. The van der Waals surface area contributed by atoms with Gasteiger partial charge in [-0.2, -0.15) is 13.2 Å². The maximum Gasteiger partial charge on any atom is 0.416 e. The molecule has 1 saturated heterocycles. The highest BCUT2D eigenvalue weighted by Crippen LogP contribution is 2.32. The van der Waals surface area contributed by atoms with Crippen molar-refractivity contribution >= 4 is 0 Å². The van der Waals surface area contributed by atoms with E-state index < -0.39 is 11.7 Å². The van der Waals surface area contributed by atoms with Crippen LogP contribution in [-0.2, 0) is 19.0 Å². The van der Waals surface area contributed by atoms with Gasteiger partial charge < -0.3 is 9.80 Å². The monoisotopic (exact) mass is 376 g/mol. The molecule has 0 saturated carbocycles. The zero-order valence-electron chi connectivity index (χ0n) is 15.6. The molecule has 2 nitrogen and oxygen atoms in total. The molecule has 0 spiro atoms. The van der Waals surface area contributed by atoms with Gasteiger partial charge in [-0.1, -0.05) is 48.5 Å². The van der Waals surface area contributed by atoms with Crippen molar-refractivity contribution in [2.45, 2.75) is 25.4 Å². The summed E-state index contributed by atoms with van der Waals surface area (Å²) in [7, 11) is 0. The lowest BCUT2D eigenvalue weighted by Crippen LogP contribution is -2.47. The fourth-order valence-electron chi connectivity index (χ4n) is 3.68. The SMILES string of the molecule is FC(F)(F)c1ccccc1CCN1CCN(CCCc2ccccc2)CC1. The number of benzene rings is 2. The molecule has 0 radical (unpaired) electrons. The van der Waals surface area contributed by atoms with Crippen LogP contribution in [-0.4, -0.2) is 49.1 Å². The summed E-state index contributed by atoms with van der Waals surface area (Å²) in [5, 5.41) is 0. The molecule has 2 aromatic rings. The van der Waals surface area contributed by atoms with Crippen LogP contribution in [0, 0.1) is 0 Å². The van der Waals surface area contributed by atoms with Crippen LogP contribution in [0.4, 0.5) is 13.2 Å². The van der Waals surface area contributed by atoms with Gasteiger partial charge in [-0.3, -0.25) is 0 Å². The maximum atomic E-state index is 13.1. The Bertz CT molecular complexity index is 692. The molecule has 0 bridgehead atoms. The lowest BCUT2D eigenvalue weighted by Gasteiger charge is -2.34. The standard InChI is InChI=1S/C22H27F3N2/c23-22(24,25)21-11-5-4-10-20(21)12-14-27-17-15-26(16-18-27)13-6-9-19-7-2-1-3-8-19/h1-5,7-8,10-11H,6,9,12-18H2. The van der Waals surface area contributed by atoms with E-state index in [4.69, 9.17) is 0 Å². The van der Waals surface area contributed by atoms with E-state index in [1.165, 1.54) is 17.7 Å². The van der Waals surface area contributed by atoms with E-state index in [0.29, 0.717) is 18.5 Å². The van der Waals surface area contributed by atoms with Crippen molar-refractivity contribution < 1.29 is 13.2 Å². The Hall–Kier alpha value is -1.85. The highest BCUT2D eigenvalue weighted by molar-refractivity contribution is 5.29. The molecule has 27 heavy (non-hydrogen) atoms. The van der Waals surface area contributed by atoms with Crippen molar-refractivity contribution in [1.82, 2.24) is 9.80 Å². The van der Waals surface area contributed by atoms with Gasteiger partial charge in [0.1, 0.15) is 0 Å². The number of piperazine rings is 1. The van der Waals surface area contributed by atoms with Crippen molar-refractivity contribution in [3.63, 3.8) is 0 Å². The van der Waals surface area contributed by atoms with Gasteiger partial charge >= 0.3 is 6.18 Å². The Morgan fingerprint density at radius 3 is 1.96 bits per heavy atom. The number of alkyl halides is 3. The smallest absolute Gasteiger partial charge is 0.301 e. The minimum absolute atomic E-state index is 0.398. The van der Waals surface area contributed by atoms with Crippen LogP contribution in [0.3, 0.4) is 0 Å². The first-order valence-electron chi connectivity index (χ1n) is 9.66. The molecule has 1 aliphatic heterocycles. The molecule has 0 amide bonds. The minimum Gasteiger partial charge on any atom is -0.301 e. The van der Waals surface area contributed by atoms with Crippen LogP contribution >= 0.6 is 0 Å². The Morgan fingerprint density at radius 1 is 0.704 bits per heavy atom. The third kappa shape index (κ3) is 6.08. The summed E-state index contributed by atoms with van der Waals surface area (Å²) in [6.45, 7) is 5.62. The molecular weight excluding hydrogens is 349 g/mol. The van der Waals surface area contributed by atoms with E-state index in [0.717, 1.165) is 45.6 Å². The van der Waals surface area contributed by atoms with E-state index in [-0.39, 0.29) is 0 Å². The molecule has 5 heteroatoms. The van der Waals surface area contributed by atoms with E-state index in [2.05, 4.69) is 34.1 Å². The quantitative estimate of drug-likeness (QED) is 0.702. The second-order valence-electron chi connectivity index (χ2n) is 7.18. The molecule has 3 rings (SSSR count). The topological polar surface area (TPSA) is 6.48 Å². The number of hydrogen-bond donors (Lipinski definition) is 0. The van der Waals surface area contributed by atoms with E-state index in [1.54, 1.807) is 12.1 Å². The zero-order chi connectivity index (χ0) is 19.1. The number of aryl methyl sites for hydroxylation is 1. The van der Waals surface area contributed by atoms with E-state index in [9.17, 15) is 13.2 Å². The van der Waals surface area contributed by atoms with E-state index in [1.807, 2.05) is 6.07 Å². The molecule has 2 aromatic carbocycles. The first-order chi connectivity index (χ1) is 13.0. The molecule has 1 aliphatic rings. The molecular formula is C22H27F3N2. The van der Waals surface area contributed by atoms with Crippen molar-refractivity contribution in [2.75, 3.05) is 39.3 Å². The second-order valence-corrected chi connectivity index (χ2v) is 7.18. The Balaban J connectivity index is 1.39. The molecule has 0 aromatic heterocycles. The lowest BCUT2D eigenvalue weighted by molar-refractivity contribution is -0.138. The average molecular weight is 376 g/mol. The third-order valence-corrected chi connectivity index (χ3v) is 5.27. The lowest BCUT2D eigenvalue weighted by atomic mass is 10.0. The zero-order valence-corrected chi connectivity index (χ0v) is 15.6. The third-order valence-electron chi connectivity index (χ3n) is 5.27. The van der Waals surface area contributed by atoms with Crippen molar-refractivity contribution in [3.8, 4) is 0 Å². The first-order valence-corrected chi connectivity index (χ1v) is 9.66. The van der Waals surface area contributed by atoms with Gasteiger partial charge in [-0.15, -0.1) is 0 Å². The summed E-state index contributed by atoms with van der Waals surface area (Å²) in [5.74, 6) is 0. The average Bonchev–Trinajstić information content (AvgIpc) is 2.68. The second kappa shape index (κ2) is 9.38. The highest BCUT2D eigenvalue weighted by atomic mass is 19.4. The fraction of sp³-hybridized carbons (Fsp3) is 0.455. The van der Waals surface area contributed by atoms with Crippen LogP contribution in [0.25, 0.3) is 0 Å². The van der Waals surface area contributed by atoms with E-state index >= 15 is 0 Å². The van der Waals surface area contributed by atoms with Gasteiger partial charge in [0.2, 0.25) is 0 Å². The highest BCUT2D eigenvalue weighted by Gasteiger charge is 2.32. The largest absolute Gasteiger partial charge is 0.416 e. The van der Waals surface area contributed by atoms with Crippen LogP contribution in [0.2, 0.25) is 0 Å². The fourth-order valence-corrected chi connectivity index (χ4v) is 3.68. The molecule has 1 heterocycles. The Labute approximate surface area is 159 Å². The molecule has 0 unspecified atom stereocenters. The summed E-state index contributed by atoms with van der Waals surface area (Å²) in [6, 6.07) is 16.4. The molecule has 0 atom stereocenters. The minimum atomic E-state index is -4.27. The van der Waals surface area contributed by atoms with Crippen molar-refractivity contribution in [1.29, 1.82) is 0 Å². The van der Waals surface area contributed by atoms with Gasteiger partial charge in [-0.05, 0) is 43.0 Å². The summed E-state index contributed by atoms with van der Waals surface area (Å²) < 4.78 is 39.3. The summed E-state index contributed by atoms with van der Waals surface area (Å²) in [5.41, 5.74) is 1.28. The number of hydrogen-bond acceptors (Lipinski definition) is 2. The van der Waals surface area contributed by atoms with Crippen molar-refractivity contribution in [2.24, 2.45) is 0 Å². The molecule has 146 valence electrons. The number of halogens is 3. The van der Waals surface area contributed by atoms with Gasteiger partial charge in [0.05, 0.1) is 5.56 Å². The van der Waals surface area contributed by atoms with Crippen LogP contribution in [0.15, 0.2) is 54.6 Å². The summed E-state index contributed by atoms with van der Waals surface area (Å²) in [6.07, 6.45) is -1.59.